The minimum atomic E-state index is -4.80. The SMILES string of the molecule is CC(C)c1cc(-c2cc(Cl)ccc2C(Oc2cc(N3CCC4(CC3)CN[C@H](C(=O)O)C4)nc(N)n2)C(F)(F)F)ccn1. The van der Waals surface area contributed by atoms with Crippen LogP contribution in [0.5, 0.6) is 5.88 Å². The number of piperidine rings is 1. The normalized spacial score (nSPS) is 19.3. The molecule has 9 nitrogen and oxygen atoms in total. The lowest BCUT2D eigenvalue weighted by molar-refractivity contribution is -0.198. The Morgan fingerprint density at radius 3 is 2.57 bits per heavy atom. The summed E-state index contributed by atoms with van der Waals surface area (Å²) in [6.07, 6.45) is -3.68. The summed E-state index contributed by atoms with van der Waals surface area (Å²) >= 11 is 6.23. The van der Waals surface area contributed by atoms with E-state index in [0.29, 0.717) is 50.3 Å². The number of halogens is 4. The maximum Gasteiger partial charge on any atom is 0.429 e. The monoisotopic (exact) mass is 604 g/mol. The average molecular weight is 605 g/mol. The fraction of sp³-hybridized carbons (Fsp3) is 0.448. The highest BCUT2D eigenvalue weighted by Crippen LogP contribution is 2.43. The number of alkyl halides is 3. The van der Waals surface area contributed by atoms with Crippen LogP contribution in [-0.2, 0) is 4.79 Å². The molecule has 42 heavy (non-hydrogen) atoms. The summed E-state index contributed by atoms with van der Waals surface area (Å²) in [7, 11) is 0. The molecule has 2 aliphatic heterocycles. The highest BCUT2D eigenvalue weighted by molar-refractivity contribution is 6.30. The zero-order valence-corrected chi connectivity index (χ0v) is 23.9. The summed E-state index contributed by atoms with van der Waals surface area (Å²) in [4.78, 5) is 25.9. The number of hydrogen-bond donors (Lipinski definition) is 3. The summed E-state index contributed by atoms with van der Waals surface area (Å²) in [5, 5.41) is 12.7. The maximum atomic E-state index is 14.6. The van der Waals surface area contributed by atoms with E-state index >= 15 is 0 Å². The third-order valence-corrected chi connectivity index (χ3v) is 8.27. The van der Waals surface area contributed by atoms with E-state index in [1.165, 1.54) is 24.3 Å². The number of carboxylic acids is 1. The molecule has 2 atom stereocenters. The molecule has 1 unspecified atom stereocenters. The number of nitrogens with one attached hydrogen (secondary N) is 1. The predicted octanol–water partition coefficient (Wildman–Crippen LogP) is 5.61. The van der Waals surface area contributed by atoms with Crippen LogP contribution in [0, 0.1) is 5.41 Å². The number of nitrogens with two attached hydrogens (primary N) is 1. The van der Waals surface area contributed by atoms with Crippen molar-refractivity contribution in [2.75, 3.05) is 30.3 Å². The van der Waals surface area contributed by atoms with Crippen LogP contribution in [0.2, 0.25) is 5.02 Å². The number of ether oxygens (including phenoxy) is 1. The number of hydrogen-bond acceptors (Lipinski definition) is 8. The van der Waals surface area contributed by atoms with Crippen LogP contribution in [0.25, 0.3) is 11.1 Å². The summed E-state index contributed by atoms with van der Waals surface area (Å²) in [5.41, 5.74) is 7.18. The third kappa shape index (κ3) is 6.39. The highest BCUT2D eigenvalue weighted by Gasteiger charge is 2.46. The topological polar surface area (TPSA) is 126 Å². The van der Waals surface area contributed by atoms with Crippen LogP contribution in [0.4, 0.5) is 24.9 Å². The quantitative estimate of drug-likeness (QED) is 0.315. The first-order valence-corrected chi connectivity index (χ1v) is 14.1. The Labute approximate surface area is 246 Å². The Morgan fingerprint density at radius 1 is 1.19 bits per heavy atom. The van der Waals surface area contributed by atoms with E-state index in [-0.39, 0.29) is 39.3 Å². The van der Waals surface area contributed by atoms with Gasteiger partial charge >= 0.3 is 12.1 Å². The van der Waals surface area contributed by atoms with Gasteiger partial charge in [0.05, 0.1) is 0 Å². The van der Waals surface area contributed by atoms with E-state index in [9.17, 15) is 23.1 Å². The number of pyridine rings is 1. The predicted molar refractivity (Wildman–Crippen MR) is 153 cm³/mol. The van der Waals surface area contributed by atoms with Crippen LogP contribution in [0.15, 0.2) is 42.6 Å². The van der Waals surface area contributed by atoms with Gasteiger partial charge in [0.25, 0.3) is 0 Å². The molecule has 2 aliphatic rings. The second-order valence-corrected chi connectivity index (χ2v) is 11.7. The third-order valence-electron chi connectivity index (χ3n) is 8.03. The molecule has 224 valence electrons. The van der Waals surface area contributed by atoms with E-state index < -0.39 is 24.3 Å². The molecule has 2 fully saturated rings. The molecule has 1 aromatic carbocycles. The number of carboxylic acid groups (broad SMARTS) is 1. The molecule has 0 saturated carbocycles. The molecule has 4 heterocycles. The minimum absolute atomic E-state index is 0.0675. The lowest BCUT2D eigenvalue weighted by Gasteiger charge is -2.39. The number of benzene rings is 1. The van der Waals surface area contributed by atoms with E-state index in [1.807, 2.05) is 18.7 Å². The lowest BCUT2D eigenvalue weighted by Crippen LogP contribution is -2.41. The van der Waals surface area contributed by atoms with E-state index in [2.05, 4.69) is 20.3 Å². The van der Waals surface area contributed by atoms with Gasteiger partial charge in [0.15, 0.2) is 0 Å². The minimum Gasteiger partial charge on any atom is -0.480 e. The summed E-state index contributed by atoms with van der Waals surface area (Å²) < 4.78 is 49.4. The first-order valence-electron chi connectivity index (χ1n) is 13.7. The number of aliphatic carboxylic acids is 1. The smallest absolute Gasteiger partial charge is 0.429 e. The van der Waals surface area contributed by atoms with Gasteiger partial charge in [-0.25, -0.2) is 0 Å². The summed E-state index contributed by atoms with van der Waals surface area (Å²) in [6.45, 7) is 5.57. The van der Waals surface area contributed by atoms with Gasteiger partial charge in [-0.1, -0.05) is 31.5 Å². The van der Waals surface area contributed by atoms with E-state index in [0.717, 1.165) is 5.69 Å². The standard InChI is InChI=1S/C29H32ClF3N6O3/c1-16(2)21-11-17(5-8-35-21)20-12-18(30)3-4-19(20)25(29(31,32)33)42-24-13-23(37-27(34)38-24)39-9-6-28(7-10-39)14-22(26(40)41)36-15-28/h3-5,8,11-13,16,22,25,36H,6-7,9-10,14-15H2,1-2H3,(H,40,41)(H2,34,37,38)/t22-,25?/m0/s1. The molecule has 1 spiro atoms. The van der Waals surface area contributed by atoms with Crippen LogP contribution in [0.1, 0.15) is 56.4 Å². The Kier molecular flexibility index (Phi) is 8.21. The van der Waals surface area contributed by atoms with E-state index in [4.69, 9.17) is 22.1 Å². The van der Waals surface area contributed by atoms with Crippen molar-refractivity contribution in [3.05, 3.63) is 58.9 Å². The van der Waals surface area contributed by atoms with Crippen molar-refractivity contribution >= 4 is 29.3 Å². The number of nitrogen functional groups attached to an aromatic ring is 1. The van der Waals surface area contributed by atoms with Crippen molar-refractivity contribution in [2.24, 2.45) is 5.41 Å². The van der Waals surface area contributed by atoms with Crippen LogP contribution in [-0.4, -0.2) is 57.9 Å². The fourth-order valence-electron chi connectivity index (χ4n) is 5.70. The summed E-state index contributed by atoms with van der Waals surface area (Å²) in [5.74, 6) is -0.984. The molecular formula is C29H32ClF3N6O3. The average Bonchev–Trinajstić information content (AvgIpc) is 3.35. The largest absolute Gasteiger partial charge is 0.480 e. The van der Waals surface area contributed by atoms with Crippen LogP contribution in [0.3, 0.4) is 0 Å². The van der Waals surface area contributed by atoms with Crippen molar-refractivity contribution in [1.82, 2.24) is 20.3 Å². The highest BCUT2D eigenvalue weighted by atomic mass is 35.5. The fourth-order valence-corrected chi connectivity index (χ4v) is 5.87. The van der Waals surface area contributed by atoms with Gasteiger partial charge in [-0.3, -0.25) is 9.78 Å². The Morgan fingerprint density at radius 2 is 1.93 bits per heavy atom. The van der Waals surface area contributed by atoms with Crippen LogP contribution < -0.4 is 20.7 Å². The van der Waals surface area contributed by atoms with Crippen molar-refractivity contribution < 1.29 is 27.8 Å². The van der Waals surface area contributed by atoms with Gasteiger partial charge in [-0.05, 0) is 66.0 Å². The van der Waals surface area contributed by atoms with Gasteiger partial charge in [-0.15, -0.1) is 0 Å². The molecule has 0 radical (unpaired) electrons. The Bertz CT molecular complexity index is 1460. The number of aromatic nitrogens is 3. The zero-order chi connectivity index (χ0) is 30.2. The first kappa shape index (κ1) is 29.8. The maximum absolute atomic E-state index is 14.6. The van der Waals surface area contributed by atoms with Gasteiger partial charge < -0.3 is 25.8 Å². The number of rotatable bonds is 7. The molecule has 0 aliphatic carbocycles. The van der Waals surface area contributed by atoms with Gasteiger partial charge in [0.2, 0.25) is 17.9 Å². The molecule has 2 saturated heterocycles. The Hall–Kier alpha value is -3.64. The first-order chi connectivity index (χ1) is 19.8. The molecule has 2 aromatic heterocycles. The van der Waals surface area contributed by atoms with Crippen molar-refractivity contribution in [2.45, 2.75) is 57.3 Å². The van der Waals surface area contributed by atoms with Gasteiger partial charge in [-0.2, -0.15) is 23.1 Å². The molecule has 3 aromatic rings. The van der Waals surface area contributed by atoms with Gasteiger partial charge in [0, 0.05) is 48.2 Å². The van der Waals surface area contributed by atoms with Gasteiger partial charge in [0.1, 0.15) is 11.9 Å². The second-order valence-electron chi connectivity index (χ2n) is 11.3. The molecule has 13 heteroatoms. The molecule has 0 bridgehead atoms. The number of nitrogens with zero attached hydrogens (tertiary/aromatic N) is 4. The number of carbonyl (C=O) groups is 1. The van der Waals surface area contributed by atoms with Crippen molar-refractivity contribution in [3.8, 4) is 17.0 Å². The summed E-state index contributed by atoms with van der Waals surface area (Å²) in [6, 6.07) is 8.34. The number of anilines is 2. The van der Waals surface area contributed by atoms with Crippen LogP contribution >= 0.6 is 11.6 Å². The molecular weight excluding hydrogens is 573 g/mol. The van der Waals surface area contributed by atoms with E-state index in [1.54, 1.807) is 18.3 Å². The van der Waals surface area contributed by atoms with Crippen molar-refractivity contribution in [3.63, 3.8) is 0 Å². The lowest BCUT2D eigenvalue weighted by atomic mass is 9.76. The molecule has 5 rings (SSSR count). The zero-order valence-electron chi connectivity index (χ0n) is 23.2. The second kappa shape index (κ2) is 11.6. The Balaban J connectivity index is 1.42. The molecule has 4 N–H and O–H groups in total. The molecule has 0 amide bonds. The van der Waals surface area contributed by atoms with Crippen molar-refractivity contribution in [1.29, 1.82) is 0 Å².